The molecule has 0 heterocycles. The number of ether oxygens (including phenoxy) is 3. The van der Waals surface area contributed by atoms with E-state index in [1.807, 2.05) is 26.0 Å². The summed E-state index contributed by atoms with van der Waals surface area (Å²) in [6.07, 6.45) is 0. The molecule has 0 bridgehead atoms. The van der Waals surface area contributed by atoms with Crippen LogP contribution in [0.2, 0.25) is 0 Å². The van der Waals surface area contributed by atoms with Crippen LogP contribution in [0.25, 0.3) is 0 Å². The van der Waals surface area contributed by atoms with Gasteiger partial charge in [0.2, 0.25) is 0 Å². The molecule has 0 N–H and O–H groups in total. The highest BCUT2D eigenvalue weighted by Crippen LogP contribution is 2.33. The summed E-state index contributed by atoms with van der Waals surface area (Å²) < 4.78 is 16.2. The molecule has 1 aromatic rings. The summed E-state index contributed by atoms with van der Waals surface area (Å²) in [5.41, 5.74) is 1.75. The van der Waals surface area contributed by atoms with Crippen molar-refractivity contribution in [3.63, 3.8) is 0 Å². The van der Waals surface area contributed by atoms with Crippen molar-refractivity contribution in [1.82, 2.24) is 0 Å². The van der Waals surface area contributed by atoms with Gasteiger partial charge in [0, 0.05) is 11.1 Å². The van der Waals surface area contributed by atoms with E-state index in [-0.39, 0.29) is 0 Å². The second-order valence-corrected chi connectivity index (χ2v) is 4.28. The average Bonchev–Trinajstić information content (AvgIpc) is 2.37. The van der Waals surface area contributed by atoms with Crippen LogP contribution in [-0.4, -0.2) is 31.3 Å². The fourth-order valence-corrected chi connectivity index (χ4v) is 1.99. The number of thiocarbonyl (C=S) groups is 1. The zero-order chi connectivity index (χ0) is 13.5. The number of benzene rings is 1. The Morgan fingerprint density at radius 1 is 1.39 bits per heavy atom. The van der Waals surface area contributed by atoms with Crippen molar-refractivity contribution in [3.05, 3.63) is 23.3 Å². The van der Waals surface area contributed by atoms with Gasteiger partial charge in [0.1, 0.15) is 6.61 Å². The van der Waals surface area contributed by atoms with Crippen LogP contribution in [-0.2, 0) is 4.74 Å². The van der Waals surface area contributed by atoms with Gasteiger partial charge in [0.25, 0.3) is 0 Å². The van der Waals surface area contributed by atoms with Gasteiger partial charge in [0.05, 0.1) is 19.6 Å². The lowest BCUT2D eigenvalue weighted by Gasteiger charge is -2.16. The molecule has 0 saturated carbocycles. The largest absolute Gasteiger partial charge is 0.493 e. The second kappa shape index (κ2) is 7.44. The average molecular weight is 289 g/mol. The van der Waals surface area contributed by atoms with Crippen molar-refractivity contribution in [2.75, 3.05) is 26.2 Å². The van der Waals surface area contributed by atoms with Gasteiger partial charge in [-0.1, -0.05) is 0 Å². The van der Waals surface area contributed by atoms with Crippen molar-refractivity contribution in [2.45, 2.75) is 13.8 Å². The van der Waals surface area contributed by atoms with Gasteiger partial charge in [-0.15, -0.1) is 11.6 Å². The van der Waals surface area contributed by atoms with Crippen LogP contribution >= 0.6 is 23.8 Å². The summed E-state index contributed by atoms with van der Waals surface area (Å²) in [5.74, 6) is 1.75. The van der Waals surface area contributed by atoms with Crippen molar-refractivity contribution in [2.24, 2.45) is 0 Å². The first-order valence-corrected chi connectivity index (χ1v) is 6.63. The van der Waals surface area contributed by atoms with E-state index in [0.29, 0.717) is 35.6 Å². The van der Waals surface area contributed by atoms with Crippen molar-refractivity contribution in [1.29, 1.82) is 0 Å². The van der Waals surface area contributed by atoms with Crippen LogP contribution in [0.15, 0.2) is 12.1 Å². The fraction of sp³-hybridized carbons (Fsp3) is 0.462. The summed E-state index contributed by atoms with van der Waals surface area (Å²) in [5, 5.41) is 0.466. The Kier molecular flexibility index (Phi) is 6.22. The summed E-state index contributed by atoms with van der Waals surface area (Å²) >= 11 is 10.8. The minimum atomic E-state index is 0.419. The van der Waals surface area contributed by atoms with E-state index in [4.69, 9.17) is 38.0 Å². The van der Waals surface area contributed by atoms with Gasteiger partial charge in [0.15, 0.2) is 16.5 Å². The van der Waals surface area contributed by atoms with E-state index in [9.17, 15) is 0 Å². The number of rotatable bonds is 6. The number of alkyl halides is 1. The third-order valence-corrected chi connectivity index (χ3v) is 2.90. The number of hydrogen-bond acceptors (Lipinski definition) is 4. The molecule has 0 spiro atoms. The Labute approximate surface area is 118 Å². The Hall–Kier alpha value is -1.00. The molecular formula is C13H17ClO3S. The minimum absolute atomic E-state index is 0.419. The van der Waals surface area contributed by atoms with Gasteiger partial charge in [-0.05, 0) is 38.2 Å². The summed E-state index contributed by atoms with van der Waals surface area (Å²) in [4.78, 5) is 0. The van der Waals surface area contributed by atoms with E-state index in [2.05, 4.69) is 0 Å². The summed E-state index contributed by atoms with van der Waals surface area (Å²) in [6.45, 7) is 4.79. The maximum atomic E-state index is 5.64. The Balaban J connectivity index is 3.11. The van der Waals surface area contributed by atoms with Crippen LogP contribution in [0.4, 0.5) is 0 Å². The highest BCUT2D eigenvalue weighted by atomic mass is 35.5. The van der Waals surface area contributed by atoms with Crippen molar-refractivity contribution >= 4 is 28.9 Å². The molecule has 0 amide bonds. The van der Waals surface area contributed by atoms with Crippen LogP contribution < -0.4 is 9.47 Å². The van der Waals surface area contributed by atoms with E-state index in [0.717, 1.165) is 11.1 Å². The lowest BCUT2D eigenvalue weighted by molar-refractivity contribution is 0.309. The fourth-order valence-electron chi connectivity index (χ4n) is 1.58. The number of methoxy groups -OCH3 is 1. The lowest BCUT2D eigenvalue weighted by Crippen LogP contribution is -2.08. The molecule has 0 radical (unpaired) electrons. The summed E-state index contributed by atoms with van der Waals surface area (Å²) in [7, 11) is 1.60. The first kappa shape index (κ1) is 15.1. The number of hydrogen-bond donors (Lipinski definition) is 0. The van der Waals surface area contributed by atoms with Crippen LogP contribution in [0.1, 0.15) is 18.1 Å². The highest BCUT2D eigenvalue weighted by Gasteiger charge is 2.15. The Morgan fingerprint density at radius 3 is 2.67 bits per heavy atom. The van der Waals surface area contributed by atoms with Gasteiger partial charge in [-0.2, -0.15) is 0 Å². The maximum Gasteiger partial charge on any atom is 0.191 e. The SMILES string of the molecule is CCOC(=S)c1ccc(OC)c(OCCCl)c1C. The molecule has 0 atom stereocenters. The topological polar surface area (TPSA) is 27.7 Å². The lowest BCUT2D eigenvalue weighted by atomic mass is 10.1. The van der Waals surface area contributed by atoms with Crippen molar-refractivity contribution in [3.8, 4) is 11.5 Å². The molecular weight excluding hydrogens is 272 g/mol. The first-order chi connectivity index (χ1) is 8.65. The van der Waals surface area contributed by atoms with E-state index < -0.39 is 0 Å². The molecule has 5 heteroatoms. The first-order valence-electron chi connectivity index (χ1n) is 5.69. The van der Waals surface area contributed by atoms with Crippen molar-refractivity contribution < 1.29 is 14.2 Å². The molecule has 100 valence electrons. The second-order valence-electron chi connectivity index (χ2n) is 3.53. The highest BCUT2D eigenvalue weighted by molar-refractivity contribution is 7.80. The monoisotopic (exact) mass is 288 g/mol. The van der Waals surface area contributed by atoms with Gasteiger partial charge in [-0.3, -0.25) is 0 Å². The third-order valence-electron chi connectivity index (χ3n) is 2.41. The molecule has 0 aliphatic carbocycles. The van der Waals surface area contributed by atoms with Gasteiger partial charge >= 0.3 is 0 Å². The maximum absolute atomic E-state index is 5.64. The molecule has 0 aromatic heterocycles. The predicted molar refractivity (Wildman–Crippen MR) is 77.3 cm³/mol. The molecule has 0 aliphatic heterocycles. The Bertz CT molecular complexity index is 421. The molecule has 1 aromatic carbocycles. The molecule has 0 saturated heterocycles. The summed E-state index contributed by atoms with van der Waals surface area (Å²) in [6, 6.07) is 3.69. The van der Waals surface area contributed by atoms with Crippen LogP contribution in [0.3, 0.4) is 0 Å². The quantitative estimate of drug-likeness (QED) is 0.593. The molecule has 0 unspecified atom stereocenters. The molecule has 0 aliphatic rings. The molecule has 3 nitrogen and oxygen atoms in total. The van der Waals surface area contributed by atoms with E-state index in [1.54, 1.807) is 7.11 Å². The smallest absolute Gasteiger partial charge is 0.191 e. The predicted octanol–water partition coefficient (Wildman–Crippen LogP) is 3.33. The standard InChI is InChI=1S/C13H17ClO3S/c1-4-16-13(18)10-5-6-11(15-3)12(9(10)2)17-8-7-14/h5-6H,4,7-8H2,1-3H3. The van der Waals surface area contributed by atoms with E-state index >= 15 is 0 Å². The normalized spacial score (nSPS) is 10.0. The zero-order valence-corrected chi connectivity index (χ0v) is 12.4. The third kappa shape index (κ3) is 3.50. The molecule has 1 rings (SSSR count). The van der Waals surface area contributed by atoms with Gasteiger partial charge < -0.3 is 14.2 Å². The van der Waals surface area contributed by atoms with Crippen LogP contribution in [0.5, 0.6) is 11.5 Å². The molecule has 0 fully saturated rings. The van der Waals surface area contributed by atoms with E-state index in [1.165, 1.54) is 0 Å². The Morgan fingerprint density at radius 2 is 2.11 bits per heavy atom. The minimum Gasteiger partial charge on any atom is -0.493 e. The van der Waals surface area contributed by atoms with Gasteiger partial charge in [-0.25, -0.2) is 0 Å². The molecule has 18 heavy (non-hydrogen) atoms. The van der Waals surface area contributed by atoms with Crippen LogP contribution in [0, 0.1) is 6.92 Å². The zero-order valence-electron chi connectivity index (χ0n) is 10.8. The number of halogens is 1.